The topological polar surface area (TPSA) is 51.0 Å². The minimum atomic E-state index is -0.00336. The van der Waals surface area contributed by atoms with E-state index in [9.17, 15) is 4.79 Å². The van der Waals surface area contributed by atoms with E-state index in [1.54, 1.807) is 10.9 Å². The Morgan fingerprint density at radius 3 is 2.88 bits per heavy atom. The van der Waals surface area contributed by atoms with Gasteiger partial charge in [0.1, 0.15) is 0 Å². The molecule has 0 spiro atoms. The number of nitrogens with zero attached hydrogens (tertiary/aromatic N) is 4. The first-order valence-corrected chi connectivity index (χ1v) is 8.90. The average Bonchev–Trinajstić information content (AvgIpc) is 3.10. The Morgan fingerprint density at radius 2 is 2.00 bits per heavy atom. The van der Waals surface area contributed by atoms with Gasteiger partial charge in [0.25, 0.3) is 5.91 Å². The third-order valence-corrected chi connectivity index (χ3v) is 5.03. The molecule has 0 radical (unpaired) electrons. The van der Waals surface area contributed by atoms with Gasteiger partial charge in [-0.1, -0.05) is 47.7 Å². The van der Waals surface area contributed by atoms with Gasteiger partial charge in [-0.2, -0.15) is 0 Å². The molecule has 0 saturated carbocycles. The molecule has 1 aromatic heterocycles. The molecule has 2 aromatic carbocycles. The molecule has 2 heterocycles. The lowest BCUT2D eigenvalue weighted by Gasteiger charge is -2.32. The summed E-state index contributed by atoms with van der Waals surface area (Å²) in [5.74, 6) is -0.00336. The Kier molecular flexibility index (Phi) is 4.22. The highest BCUT2D eigenvalue weighted by atomic mass is 16.2. The van der Waals surface area contributed by atoms with Crippen molar-refractivity contribution in [2.75, 3.05) is 6.54 Å². The van der Waals surface area contributed by atoms with E-state index in [0.717, 1.165) is 19.4 Å². The SMILES string of the molecule is C[C@@H]1CCCCN1C(=O)c1cn(Cc2cccc3ccccc23)nn1. The molecule has 1 aliphatic rings. The molecule has 0 aliphatic carbocycles. The van der Waals surface area contributed by atoms with Gasteiger partial charge in [-0.15, -0.1) is 5.10 Å². The monoisotopic (exact) mass is 334 g/mol. The van der Waals surface area contributed by atoms with Gasteiger partial charge >= 0.3 is 0 Å². The molecule has 0 N–H and O–H groups in total. The maximum absolute atomic E-state index is 12.7. The van der Waals surface area contributed by atoms with Crippen molar-refractivity contribution in [3.8, 4) is 0 Å². The number of hydrogen-bond donors (Lipinski definition) is 0. The predicted octanol–water partition coefficient (Wildman–Crippen LogP) is 3.49. The highest BCUT2D eigenvalue weighted by Gasteiger charge is 2.26. The molecule has 1 amide bonds. The fourth-order valence-corrected chi connectivity index (χ4v) is 3.63. The minimum absolute atomic E-state index is 0.00336. The summed E-state index contributed by atoms with van der Waals surface area (Å²) in [6.07, 6.45) is 5.10. The fourth-order valence-electron chi connectivity index (χ4n) is 3.63. The molecule has 0 bridgehead atoms. The maximum Gasteiger partial charge on any atom is 0.276 e. The summed E-state index contributed by atoms with van der Waals surface area (Å²) in [6.45, 7) is 3.53. The van der Waals surface area contributed by atoms with Crippen LogP contribution in [0.5, 0.6) is 0 Å². The molecule has 4 rings (SSSR count). The molecule has 5 nitrogen and oxygen atoms in total. The van der Waals surface area contributed by atoms with Crippen molar-refractivity contribution in [3.63, 3.8) is 0 Å². The first-order valence-electron chi connectivity index (χ1n) is 8.90. The third-order valence-electron chi connectivity index (χ3n) is 5.03. The van der Waals surface area contributed by atoms with Crippen molar-refractivity contribution >= 4 is 16.7 Å². The standard InChI is InChI=1S/C20H22N4O/c1-15-7-4-5-12-24(15)20(25)19-14-23(22-21-19)13-17-10-6-9-16-8-2-3-11-18(16)17/h2-3,6,8-11,14-15H,4-5,7,12-13H2,1H3/t15-/m1/s1. The van der Waals surface area contributed by atoms with E-state index in [4.69, 9.17) is 0 Å². The second-order valence-corrected chi connectivity index (χ2v) is 6.78. The summed E-state index contributed by atoms with van der Waals surface area (Å²) >= 11 is 0. The molecular weight excluding hydrogens is 312 g/mol. The Labute approximate surface area is 147 Å². The summed E-state index contributed by atoms with van der Waals surface area (Å²) in [6, 6.07) is 14.8. The van der Waals surface area contributed by atoms with Crippen molar-refractivity contribution in [1.29, 1.82) is 0 Å². The third kappa shape index (κ3) is 3.14. The van der Waals surface area contributed by atoms with Gasteiger partial charge in [-0.3, -0.25) is 4.79 Å². The van der Waals surface area contributed by atoms with Gasteiger partial charge in [0.05, 0.1) is 12.7 Å². The first-order chi connectivity index (χ1) is 12.2. The highest BCUT2D eigenvalue weighted by Crippen LogP contribution is 2.20. The molecule has 1 saturated heterocycles. The molecule has 25 heavy (non-hydrogen) atoms. The van der Waals surface area contributed by atoms with E-state index in [0.29, 0.717) is 12.2 Å². The van der Waals surface area contributed by atoms with E-state index in [-0.39, 0.29) is 11.9 Å². The number of fused-ring (bicyclic) bond motifs is 1. The zero-order valence-electron chi connectivity index (χ0n) is 14.4. The quantitative estimate of drug-likeness (QED) is 0.737. The van der Waals surface area contributed by atoms with Crippen molar-refractivity contribution < 1.29 is 4.79 Å². The Balaban J connectivity index is 1.56. The average molecular weight is 334 g/mol. The number of likely N-dealkylation sites (tertiary alicyclic amines) is 1. The molecule has 1 fully saturated rings. The van der Waals surface area contributed by atoms with Crippen LogP contribution in [-0.2, 0) is 6.54 Å². The molecule has 128 valence electrons. The lowest BCUT2D eigenvalue weighted by atomic mass is 10.0. The normalized spacial score (nSPS) is 17.8. The number of hydrogen-bond acceptors (Lipinski definition) is 3. The Morgan fingerprint density at radius 1 is 1.16 bits per heavy atom. The molecule has 0 unspecified atom stereocenters. The van der Waals surface area contributed by atoms with Crippen molar-refractivity contribution in [2.24, 2.45) is 0 Å². The largest absolute Gasteiger partial charge is 0.335 e. The zero-order valence-corrected chi connectivity index (χ0v) is 14.4. The lowest BCUT2D eigenvalue weighted by molar-refractivity contribution is 0.0629. The number of rotatable bonds is 3. The van der Waals surface area contributed by atoms with Crippen molar-refractivity contribution in [3.05, 3.63) is 59.9 Å². The van der Waals surface area contributed by atoms with Crippen LogP contribution in [0.3, 0.4) is 0 Å². The van der Waals surface area contributed by atoms with E-state index in [2.05, 4.69) is 47.6 Å². The van der Waals surface area contributed by atoms with Crippen LogP contribution >= 0.6 is 0 Å². The molecule has 1 atom stereocenters. The number of aromatic nitrogens is 3. The summed E-state index contributed by atoms with van der Waals surface area (Å²) in [5, 5.41) is 10.7. The molecule has 3 aromatic rings. The van der Waals surface area contributed by atoms with Gasteiger partial charge < -0.3 is 4.90 Å². The fraction of sp³-hybridized carbons (Fsp3) is 0.350. The summed E-state index contributed by atoms with van der Waals surface area (Å²) in [7, 11) is 0. The number of carbonyl (C=O) groups excluding carboxylic acids is 1. The van der Waals surface area contributed by atoms with E-state index >= 15 is 0 Å². The van der Waals surface area contributed by atoms with Gasteiger partial charge in [0, 0.05) is 12.6 Å². The van der Waals surface area contributed by atoms with E-state index < -0.39 is 0 Å². The number of carbonyl (C=O) groups is 1. The van der Waals surface area contributed by atoms with Crippen LogP contribution in [0.25, 0.3) is 10.8 Å². The van der Waals surface area contributed by atoms with Gasteiger partial charge in [-0.25, -0.2) is 4.68 Å². The van der Waals surface area contributed by atoms with Crippen molar-refractivity contribution in [1.82, 2.24) is 19.9 Å². The molecular formula is C20H22N4O. The van der Waals surface area contributed by atoms with Gasteiger partial charge in [0.15, 0.2) is 5.69 Å². The zero-order chi connectivity index (χ0) is 17.2. The van der Waals surface area contributed by atoms with Gasteiger partial charge in [-0.05, 0) is 42.5 Å². The second kappa shape index (κ2) is 6.67. The molecule has 5 heteroatoms. The first kappa shape index (κ1) is 15.8. The maximum atomic E-state index is 12.7. The number of amides is 1. The van der Waals surface area contributed by atoms with Crippen LogP contribution in [0.2, 0.25) is 0 Å². The van der Waals surface area contributed by atoms with Crippen LogP contribution < -0.4 is 0 Å². The molecule has 1 aliphatic heterocycles. The summed E-state index contributed by atoms with van der Waals surface area (Å²) < 4.78 is 1.75. The smallest absolute Gasteiger partial charge is 0.276 e. The van der Waals surface area contributed by atoms with Crippen LogP contribution in [-0.4, -0.2) is 38.4 Å². The van der Waals surface area contributed by atoms with E-state index in [1.165, 1.54) is 22.8 Å². The highest BCUT2D eigenvalue weighted by molar-refractivity contribution is 5.92. The predicted molar refractivity (Wildman–Crippen MR) is 97.4 cm³/mol. The minimum Gasteiger partial charge on any atom is -0.335 e. The second-order valence-electron chi connectivity index (χ2n) is 6.78. The lowest BCUT2D eigenvalue weighted by Crippen LogP contribution is -2.42. The van der Waals surface area contributed by atoms with Crippen molar-refractivity contribution in [2.45, 2.75) is 38.8 Å². The summed E-state index contributed by atoms with van der Waals surface area (Å²) in [4.78, 5) is 14.6. The Hall–Kier alpha value is -2.69. The Bertz CT molecular complexity index is 896. The van der Waals surface area contributed by atoms with Crippen LogP contribution in [0.4, 0.5) is 0 Å². The number of piperidine rings is 1. The van der Waals surface area contributed by atoms with E-state index in [1.807, 2.05) is 17.0 Å². The van der Waals surface area contributed by atoms with Crippen LogP contribution in [0.1, 0.15) is 42.2 Å². The number of benzene rings is 2. The van der Waals surface area contributed by atoms with Crippen LogP contribution in [0, 0.1) is 0 Å². The van der Waals surface area contributed by atoms with Crippen LogP contribution in [0.15, 0.2) is 48.7 Å². The van der Waals surface area contributed by atoms with Gasteiger partial charge in [0.2, 0.25) is 0 Å². The summed E-state index contributed by atoms with van der Waals surface area (Å²) in [5.41, 5.74) is 1.61.